The van der Waals surface area contributed by atoms with Gasteiger partial charge >= 0.3 is 0 Å². The first kappa shape index (κ1) is 10.7. The molecule has 0 fully saturated rings. The second-order valence-electron chi connectivity index (χ2n) is 3.37. The summed E-state index contributed by atoms with van der Waals surface area (Å²) in [5, 5.41) is 3.74. The minimum atomic E-state index is -0.304. The summed E-state index contributed by atoms with van der Waals surface area (Å²) in [7, 11) is 3.64. The van der Waals surface area contributed by atoms with Gasteiger partial charge in [-0.2, -0.15) is 4.98 Å². The highest BCUT2D eigenvalue weighted by Gasteiger charge is 2.20. The topological polar surface area (TPSA) is 59.2 Å². The van der Waals surface area contributed by atoms with Gasteiger partial charge in [0.05, 0.1) is 5.92 Å². The average molecular weight is 197 g/mol. The zero-order chi connectivity index (χ0) is 10.7. The second kappa shape index (κ2) is 4.21. The Bertz CT molecular complexity index is 320. The van der Waals surface area contributed by atoms with Gasteiger partial charge in [0.2, 0.25) is 5.89 Å². The summed E-state index contributed by atoms with van der Waals surface area (Å²) in [6.45, 7) is 3.60. The van der Waals surface area contributed by atoms with Gasteiger partial charge in [0.25, 0.3) is 5.95 Å². The van der Waals surface area contributed by atoms with Gasteiger partial charge in [-0.05, 0) is 12.1 Å². The predicted octanol–water partition coefficient (Wildman–Crippen LogP) is 1.22. The van der Waals surface area contributed by atoms with Gasteiger partial charge in [0.1, 0.15) is 5.78 Å². The number of ketones is 1. The first-order chi connectivity index (χ1) is 6.56. The molecule has 0 radical (unpaired) electrons. The molecule has 1 rings (SSSR count). The van der Waals surface area contributed by atoms with Crippen molar-refractivity contribution in [3.05, 3.63) is 5.89 Å². The summed E-state index contributed by atoms with van der Waals surface area (Å²) in [5.74, 6) is 0.691. The molecule has 0 saturated heterocycles. The third kappa shape index (κ3) is 2.10. The van der Waals surface area contributed by atoms with Crippen LogP contribution in [0, 0.1) is 0 Å². The number of anilines is 1. The number of carbonyl (C=O) groups excluding carboxylic acids is 1. The standard InChI is InChI=1S/C9H15N3O2/c1-5-7(13)6(2)8-10-9(11-14-8)12(3)4/h6H,5H2,1-4H3. The fourth-order valence-electron chi connectivity index (χ4n) is 1.03. The van der Waals surface area contributed by atoms with E-state index in [0.717, 1.165) is 0 Å². The van der Waals surface area contributed by atoms with Gasteiger partial charge in [-0.1, -0.05) is 6.92 Å². The summed E-state index contributed by atoms with van der Waals surface area (Å²) in [5.41, 5.74) is 0. The molecular formula is C9H15N3O2. The molecule has 0 aliphatic carbocycles. The molecule has 14 heavy (non-hydrogen) atoms. The second-order valence-corrected chi connectivity index (χ2v) is 3.37. The molecule has 0 N–H and O–H groups in total. The SMILES string of the molecule is CCC(=O)C(C)c1nc(N(C)C)no1. The minimum absolute atomic E-state index is 0.110. The minimum Gasteiger partial charge on any atom is -0.344 e. The number of rotatable bonds is 4. The normalized spacial score (nSPS) is 12.6. The van der Waals surface area contributed by atoms with Crippen LogP contribution in [0.5, 0.6) is 0 Å². The third-order valence-electron chi connectivity index (χ3n) is 2.03. The molecule has 0 spiro atoms. The Labute approximate surface area is 83.1 Å². The molecule has 1 aromatic heterocycles. The Hall–Kier alpha value is -1.39. The lowest BCUT2D eigenvalue weighted by Crippen LogP contribution is -2.11. The van der Waals surface area contributed by atoms with Gasteiger partial charge in [0, 0.05) is 20.5 Å². The molecule has 0 saturated carbocycles. The van der Waals surface area contributed by atoms with Crippen molar-refractivity contribution >= 4 is 11.7 Å². The third-order valence-corrected chi connectivity index (χ3v) is 2.03. The Kier molecular flexibility index (Phi) is 3.22. The van der Waals surface area contributed by atoms with Gasteiger partial charge in [-0.15, -0.1) is 0 Å². The Morgan fingerprint density at radius 2 is 2.21 bits per heavy atom. The lowest BCUT2D eigenvalue weighted by molar-refractivity contribution is -0.120. The molecule has 1 atom stereocenters. The number of hydrogen-bond donors (Lipinski definition) is 0. The predicted molar refractivity (Wildman–Crippen MR) is 52.3 cm³/mol. The van der Waals surface area contributed by atoms with Gasteiger partial charge in [-0.25, -0.2) is 0 Å². The summed E-state index contributed by atoms with van der Waals surface area (Å²) < 4.78 is 4.99. The Morgan fingerprint density at radius 3 is 2.64 bits per heavy atom. The van der Waals surface area contributed by atoms with Crippen molar-refractivity contribution in [3.63, 3.8) is 0 Å². The van der Waals surface area contributed by atoms with Crippen molar-refractivity contribution in [2.24, 2.45) is 0 Å². The van der Waals surface area contributed by atoms with Crippen LogP contribution in [0.15, 0.2) is 4.52 Å². The van der Waals surface area contributed by atoms with Crippen LogP contribution in [0.3, 0.4) is 0 Å². The van der Waals surface area contributed by atoms with Gasteiger partial charge in [0.15, 0.2) is 0 Å². The van der Waals surface area contributed by atoms with E-state index in [9.17, 15) is 4.79 Å². The molecule has 1 unspecified atom stereocenters. The average Bonchev–Trinajstić information content (AvgIpc) is 2.64. The first-order valence-electron chi connectivity index (χ1n) is 4.60. The summed E-state index contributed by atoms with van der Waals surface area (Å²) in [4.78, 5) is 17.2. The number of aromatic nitrogens is 2. The van der Waals surface area contributed by atoms with E-state index in [1.165, 1.54) is 0 Å². The van der Waals surface area contributed by atoms with E-state index < -0.39 is 0 Å². The van der Waals surface area contributed by atoms with E-state index >= 15 is 0 Å². The number of carbonyl (C=O) groups is 1. The number of nitrogens with zero attached hydrogens (tertiary/aromatic N) is 3. The molecule has 5 nitrogen and oxygen atoms in total. The molecule has 1 heterocycles. The summed E-state index contributed by atoms with van der Waals surface area (Å²) >= 11 is 0. The monoisotopic (exact) mass is 197 g/mol. The van der Waals surface area contributed by atoms with E-state index in [4.69, 9.17) is 4.52 Å². The zero-order valence-electron chi connectivity index (χ0n) is 8.94. The van der Waals surface area contributed by atoms with Gasteiger partial charge in [-0.3, -0.25) is 4.79 Å². The van der Waals surface area contributed by atoms with Crippen LogP contribution < -0.4 is 4.90 Å². The fourth-order valence-corrected chi connectivity index (χ4v) is 1.03. The number of hydrogen-bond acceptors (Lipinski definition) is 5. The number of Topliss-reactive ketones (excluding diaryl/α,β-unsaturated/α-hetero) is 1. The molecule has 0 aliphatic rings. The van der Waals surface area contributed by atoms with Crippen molar-refractivity contribution in [1.82, 2.24) is 10.1 Å². The maximum atomic E-state index is 11.3. The lowest BCUT2D eigenvalue weighted by Gasteiger charge is -2.03. The van der Waals surface area contributed by atoms with E-state index in [1.807, 2.05) is 21.0 Å². The zero-order valence-corrected chi connectivity index (χ0v) is 8.94. The maximum absolute atomic E-state index is 11.3. The fraction of sp³-hybridized carbons (Fsp3) is 0.667. The first-order valence-corrected chi connectivity index (χ1v) is 4.60. The maximum Gasteiger partial charge on any atom is 0.265 e. The van der Waals surface area contributed by atoms with Crippen LogP contribution >= 0.6 is 0 Å². The molecule has 0 amide bonds. The largest absolute Gasteiger partial charge is 0.344 e. The summed E-state index contributed by atoms with van der Waals surface area (Å²) in [6, 6.07) is 0. The molecule has 0 aliphatic heterocycles. The van der Waals surface area contributed by atoms with Crippen molar-refractivity contribution in [1.29, 1.82) is 0 Å². The van der Waals surface area contributed by atoms with Crippen LogP contribution in [-0.4, -0.2) is 30.0 Å². The lowest BCUT2D eigenvalue weighted by atomic mass is 10.1. The van der Waals surface area contributed by atoms with Crippen LogP contribution in [0.25, 0.3) is 0 Å². The van der Waals surface area contributed by atoms with Crippen molar-refractivity contribution < 1.29 is 9.32 Å². The quantitative estimate of drug-likeness (QED) is 0.726. The van der Waals surface area contributed by atoms with Crippen LogP contribution in [0.1, 0.15) is 32.1 Å². The highest BCUT2D eigenvalue weighted by Crippen LogP contribution is 2.17. The van der Waals surface area contributed by atoms with E-state index in [0.29, 0.717) is 18.3 Å². The van der Waals surface area contributed by atoms with E-state index in [1.54, 1.807) is 11.8 Å². The molecule has 78 valence electrons. The van der Waals surface area contributed by atoms with Gasteiger partial charge < -0.3 is 9.42 Å². The highest BCUT2D eigenvalue weighted by molar-refractivity contribution is 5.84. The van der Waals surface area contributed by atoms with Crippen LogP contribution in [0.2, 0.25) is 0 Å². The smallest absolute Gasteiger partial charge is 0.265 e. The molecule has 0 aromatic carbocycles. The molecule has 5 heteroatoms. The Morgan fingerprint density at radius 1 is 1.57 bits per heavy atom. The summed E-state index contributed by atoms with van der Waals surface area (Å²) in [6.07, 6.45) is 0.487. The van der Waals surface area contributed by atoms with Crippen LogP contribution in [-0.2, 0) is 4.79 Å². The van der Waals surface area contributed by atoms with Crippen LogP contribution in [0.4, 0.5) is 5.95 Å². The van der Waals surface area contributed by atoms with Crippen molar-refractivity contribution in [3.8, 4) is 0 Å². The van der Waals surface area contributed by atoms with E-state index in [-0.39, 0.29) is 11.7 Å². The molecular weight excluding hydrogens is 182 g/mol. The molecule has 1 aromatic rings. The highest BCUT2D eigenvalue weighted by atomic mass is 16.5. The van der Waals surface area contributed by atoms with Crippen molar-refractivity contribution in [2.45, 2.75) is 26.2 Å². The van der Waals surface area contributed by atoms with E-state index in [2.05, 4.69) is 10.1 Å². The van der Waals surface area contributed by atoms with Crippen molar-refractivity contribution in [2.75, 3.05) is 19.0 Å². The Balaban J connectivity index is 2.81. The molecule has 0 bridgehead atoms.